The average molecular weight is 287 g/mol. The topological polar surface area (TPSA) is 46.2 Å². The zero-order chi connectivity index (χ0) is 14.9. The van der Waals surface area contributed by atoms with E-state index in [1.165, 1.54) is 16.3 Å². The number of hydrogen-bond donors (Lipinski definition) is 2. The molecule has 2 aromatic carbocycles. The van der Waals surface area contributed by atoms with Gasteiger partial charge in [0.1, 0.15) is 6.67 Å². The summed E-state index contributed by atoms with van der Waals surface area (Å²) in [5.41, 5.74) is 6.00. The lowest BCUT2D eigenvalue weighted by Gasteiger charge is -2.43. The summed E-state index contributed by atoms with van der Waals surface area (Å²) in [6.45, 7) is -0.126. The monoisotopic (exact) mass is 287 g/mol. The summed E-state index contributed by atoms with van der Waals surface area (Å²) in [5.74, 6) is 0. The van der Waals surface area contributed by atoms with Crippen molar-refractivity contribution in [3.8, 4) is 0 Å². The Morgan fingerprint density at radius 2 is 1.67 bits per heavy atom. The third-order valence-electron chi connectivity index (χ3n) is 5.14. The van der Waals surface area contributed by atoms with Crippen LogP contribution in [-0.4, -0.2) is 23.9 Å². The number of hydrogen-bond acceptors (Lipinski definition) is 2. The lowest BCUT2D eigenvalue weighted by Crippen LogP contribution is -2.46. The van der Waals surface area contributed by atoms with Gasteiger partial charge in [-0.15, -0.1) is 0 Å². The Labute approximate surface area is 124 Å². The van der Waals surface area contributed by atoms with E-state index in [2.05, 4.69) is 30.3 Å². The zero-order valence-electron chi connectivity index (χ0n) is 12.2. The lowest BCUT2D eigenvalue weighted by atomic mass is 9.65. The second-order valence-electron chi connectivity index (χ2n) is 6.40. The zero-order valence-corrected chi connectivity index (χ0v) is 12.2. The van der Waals surface area contributed by atoms with Gasteiger partial charge in [0.15, 0.2) is 0 Å². The third kappa shape index (κ3) is 2.56. The van der Waals surface area contributed by atoms with Gasteiger partial charge in [0.25, 0.3) is 0 Å². The van der Waals surface area contributed by atoms with E-state index in [4.69, 9.17) is 5.73 Å². The smallest absolute Gasteiger partial charge is 0.118 e. The van der Waals surface area contributed by atoms with E-state index in [1.54, 1.807) is 0 Å². The van der Waals surface area contributed by atoms with Crippen LogP contribution in [-0.2, 0) is 5.41 Å². The highest BCUT2D eigenvalue weighted by atomic mass is 19.1. The number of halogens is 1. The van der Waals surface area contributed by atoms with Gasteiger partial charge in [-0.3, -0.25) is 0 Å². The summed E-state index contributed by atoms with van der Waals surface area (Å²) in [4.78, 5) is 0. The van der Waals surface area contributed by atoms with Crippen LogP contribution in [0.1, 0.15) is 31.2 Å². The number of rotatable bonds is 3. The van der Waals surface area contributed by atoms with Crippen molar-refractivity contribution in [1.29, 1.82) is 0 Å². The molecule has 0 amide bonds. The van der Waals surface area contributed by atoms with Crippen LogP contribution in [0.3, 0.4) is 0 Å². The Morgan fingerprint density at radius 1 is 1.00 bits per heavy atom. The Kier molecular flexibility index (Phi) is 3.72. The first-order valence-electron chi connectivity index (χ1n) is 7.59. The van der Waals surface area contributed by atoms with Gasteiger partial charge in [0.2, 0.25) is 0 Å². The van der Waals surface area contributed by atoms with Crippen LogP contribution < -0.4 is 5.73 Å². The molecular weight excluding hydrogens is 265 g/mol. The molecule has 2 aromatic rings. The standard InChI is InChI=1S/C18H22FNO/c19-12-18(21)9-7-17(13-20,8-10-18)16-6-5-14-3-1-2-4-15(14)11-16/h1-6,11,21H,7-10,12-13,20H2. The minimum absolute atomic E-state index is 0.134. The summed E-state index contributed by atoms with van der Waals surface area (Å²) in [5, 5.41) is 12.5. The Bertz CT molecular complexity index is 632. The molecule has 0 aliphatic heterocycles. The first kappa shape index (κ1) is 14.5. The van der Waals surface area contributed by atoms with Crippen molar-refractivity contribution in [2.24, 2.45) is 5.73 Å². The molecule has 112 valence electrons. The van der Waals surface area contributed by atoms with Crippen LogP contribution in [0.5, 0.6) is 0 Å². The van der Waals surface area contributed by atoms with E-state index in [9.17, 15) is 9.50 Å². The minimum Gasteiger partial charge on any atom is -0.387 e. The van der Waals surface area contributed by atoms with Crippen LogP contribution in [0.2, 0.25) is 0 Å². The first-order chi connectivity index (χ1) is 10.1. The molecule has 0 radical (unpaired) electrons. The van der Waals surface area contributed by atoms with Gasteiger partial charge < -0.3 is 10.8 Å². The largest absolute Gasteiger partial charge is 0.387 e. The molecule has 0 saturated heterocycles. The predicted octanol–water partition coefficient (Wildman–Crippen LogP) is 3.31. The summed E-state index contributed by atoms with van der Waals surface area (Å²) >= 11 is 0. The summed E-state index contributed by atoms with van der Waals surface area (Å²) in [6.07, 6.45) is 2.44. The second-order valence-corrected chi connectivity index (χ2v) is 6.40. The highest BCUT2D eigenvalue weighted by Gasteiger charge is 2.42. The van der Waals surface area contributed by atoms with Crippen molar-refractivity contribution in [3.05, 3.63) is 48.0 Å². The Balaban J connectivity index is 1.95. The van der Waals surface area contributed by atoms with Crippen LogP contribution in [0.4, 0.5) is 4.39 Å². The number of fused-ring (bicyclic) bond motifs is 1. The van der Waals surface area contributed by atoms with Gasteiger partial charge in [0, 0.05) is 12.0 Å². The normalized spacial score (nSPS) is 29.7. The molecule has 0 atom stereocenters. The molecule has 3 rings (SSSR count). The van der Waals surface area contributed by atoms with Crippen molar-refractivity contribution in [2.45, 2.75) is 36.7 Å². The van der Waals surface area contributed by atoms with Crippen molar-refractivity contribution in [2.75, 3.05) is 13.2 Å². The van der Waals surface area contributed by atoms with E-state index in [1.807, 2.05) is 12.1 Å². The molecule has 0 heterocycles. The number of nitrogens with two attached hydrogens (primary N) is 1. The van der Waals surface area contributed by atoms with Crippen LogP contribution in [0.25, 0.3) is 10.8 Å². The molecule has 1 fully saturated rings. The number of benzene rings is 2. The Hall–Kier alpha value is -1.45. The SMILES string of the molecule is NCC1(c2ccc3ccccc3c2)CCC(O)(CF)CC1. The fourth-order valence-corrected chi connectivity index (χ4v) is 3.46. The molecule has 0 unspecified atom stereocenters. The molecule has 0 aromatic heterocycles. The van der Waals surface area contributed by atoms with Gasteiger partial charge >= 0.3 is 0 Å². The molecule has 21 heavy (non-hydrogen) atoms. The van der Waals surface area contributed by atoms with Gasteiger partial charge in [-0.05, 0) is 42.0 Å². The quantitative estimate of drug-likeness (QED) is 0.909. The van der Waals surface area contributed by atoms with Crippen LogP contribution in [0.15, 0.2) is 42.5 Å². The third-order valence-corrected chi connectivity index (χ3v) is 5.14. The summed E-state index contributed by atoms with van der Waals surface area (Å²) in [7, 11) is 0. The molecule has 2 nitrogen and oxygen atoms in total. The summed E-state index contributed by atoms with van der Waals surface area (Å²) in [6, 6.07) is 14.7. The van der Waals surface area contributed by atoms with E-state index in [0.29, 0.717) is 19.4 Å². The highest BCUT2D eigenvalue weighted by molar-refractivity contribution is 5.83. The molecule has 1 aliphatic carbocycles. The van der Waals surface area contributed by atoms with Gasteiger partial charge in [-0.1, -0.05) is 42.5 Å². The molecule has 1 saturated carbocycles. The predicted molar refractivity (Wildman–Crippen MR) is 84.1 cm³/mol. The van der Waals surface area contributed by atoms with Crippen molar-refractivity contribution in [1.82, 2.24) is 0 Å². The van der Waals surface area contributed by atoms with E-state index >= 15 is 0 Å². The lowest BCUT2D eigenvalue weighted by molar-refractivity contribution is -0.0335. The Morgan fingerprint density at radius 3 is 2.29 bits per heavy atom. The fraction of sp³-hybridized carbons (Fsp3) is 0.444. The molecule has 3 heteroatoms. The average Bonchev–Trinajstić information content (AvgIpc) is 2.55. The minimum atomic E-state index is -1.14. The molecule has 0 spiro atoms. The molecule has 1 aliphatic rings. The van der Waals surface area contributed by atoms with Crippen molar-refractivity contribution >= 4 is 10.8 Å². The maximum Gasteiger partial charge on any atom is 0.118 e. The van der Waals surface area contributed by atoms with Gasteiger partial charge in [0.05, 0.1) is 5.60 Å². The van der Waals surface area contributed by atoms with E-state index in [-0.39, 0.29) is 5.41 Å². The van der Waals surface area contributed by atoms with E-state index < -0.39 is 12.3 Å². The fourth-order valence-electron chi connectivity index (χ4n) is 3.46. The number of alkyl halides is 1. The maximum absolute atomic E-state index is 12.9. The first-order valence-corrected chi connectivity index (χ1v) is 7.59. The second kappa shape index (κ2) is 5.39. The van der Waals surface area contributed by atoms with Crippen LogP contribution in [0, 0.1) is 0 Å². The van der Waals surface area contributed by atoms with Gasteiger partial charge in [-0.2, -0.15) is 0 Å². The van der Waals surface area contributed by atoms with Gasteiger partial charge in [-0.25, -0.2) is 4.39 Å². The number of aliphatic hydroxyl groups is 1. The van der Waals surface area contributed by atoms with E-state index in [0.717, 1.165) is 12.8 Å². The van der Waals surface area contributed by atoms with Crippen LogP contribution >= 0.6 is 0 Å². The van der Waals surface area contributed by atoms with Crippen molar-refractivity contribution < 1.29 is 9.50 Å². The molecular formula is C18H22FNO. The maximum atomic E-state index is 12.9. The van der Waals surface area contributed by atoms with Crippen molar-refractivity contribution in [3.63, 3.8) is 0 Å². The molecule has 0 bridgehead atoms. The molecule has 3 N–H and O–H groups in total. The highest BCUT2D eigenvalue weighted by Crippen LogP contribution is 2.43. The summed E-state index contributed by atoms with van der Waals surface area (Å²) < 4.78 is 12.9.